The highest BCUT2D eigenvalue weighted by atomic mass is 35.5. The van der Waals surface area contributed by atoms with E-state index in [-0.39, 0.29) is 23.6 Å². The number of benzene rings is 1. The second kappa shape index (κ2) is 7.31. The number of rotatable bonds is 5. The molecule has 2 N–H and O–H groups in total. The molecule has 0 aliphatic carbocycles. The van der Waals surface area contributed by atoms with E-state index in [9.17, 15) is 9.90 Å². The van der Waals surface area contributed by atoms with Crippen molar-refractivity contribution in [3.63, 3.8) is 0 Å². The molecule has 0 atom stereocenters. The lowest BCUT2D eigenvalue weighted by Crippen LogP contribution is -2.45. The van der Waals surface area contributed by atoms with E-state index < -0.39 is 0 Å². The third-order valence-corrected chi connectivity index (χ3v) is 5.01. The first-order valence-electron chi connectivity index (χ1n) is 8.12. The summed E-state index contributed by atoms with van der Waals surface area (Å²) in [6.07, 6.45) is 6.01. The van der Waals surface area contributed by atoms with Crippen LogP contribution in [0.3, 0.4) is 0 Å². The SMILES string of the molecule is CC(C)C(C)(C)N1C=CC(NC(=O)Cc2cc(Cl)ccc2O)=CC1. The summed E-state index contributed by atoms with van der Waals surface area (Å²) >= 11 is 5.91. The number of phenolic OH excluding ortho intramolecular Hbond substituents is 1. The van der Waals surface area contributed by atoms with Gasteiger partial charge in [0.15, 0.2) is 0 Å². The molecular formula is C19H25ClN2O2. The maximum atomic E-state index is 12.2. The van der Waals surface area contributed by atoms with E-state index >= 15 is 0 Å². The van der Waals surface area contributed by atoms with Gasteiger partial charge in [-0.05, 0) is 50.1 Å². The first-order chi connectivity index (χ1) is 11.2. The van der Waals surface area contributed by atoms with Crippen molar-refractivity contribution in [2.45, 2.75) is 39.7 Å². The van der Waals surface area contributed by atoms with Gasteiger partial charge in [0.25, 0.3) is 0 Å². The molecule has 24 heavy (non-hydrogen) atoms. The maximum Gasteiger partial charge on any atom is 0.228 e. The Kier molecular flexibility index (Phi) is 5.60. The van der Waals surface area contributed by atoms with Gasteiger partial charge in [-0.15, -0.1) is 0 Å². The first-order valence-corrected chi connectivity index (χ1v) is 8.50. The van der Waals surface area contributed by atoms with E-state index in [1.165, 1.54) is 6.07 Å². The first kappa shape index (κ1) is 18.4. The molecule has 1 aliphatic heterocycles. The van der Waals surface area contributed by atoms with Gasteiger partial charge in [0, 0.05) is 34.6 Å². The molecular weight excluding hydrogens is 324 g/mol. The van der Waals surface area contributed by atoms with Crippen LogP contribution in [0.25, 0.3) is 0 Å². The predicted molar refractivity (Wildman–Crippen MR) is 97.8 cm³/mol. The number of aromatic hydroxyl groups is 1. The molecule has 5 heteroatoms. The number of carbonyl (C=O) groups is 1. The number of phenols is 1. The predicted octanol–water partition coefficient (Wildman–Crippen LogP) is 3.85. The van der Waals surface area contributed by atoms with E-state index in [0.29, 0.717) is 16.5 Å². The van der Waals surface area contributed by atoms with Crippen molar-refractivity contribution in [2.24, 2.45) is 5.92 Å². The lowest BCUT2D eigenvalue weighted by Gasteiger charge is -2.42. The summed E-state index contributed by atoms with van der Waals surface area (Å²) in [5, 5.41) is 13.2. The molecule has 4 nitrogen and oxygen atoms in total. The van der Waals surface area contributed by atoms with Crippen LogP contribution in [0.4, 0.5) is 0 Å². The van der Waals surface area contributed by atoms with Crippen molar-refractivity contribution in [1.29, 1.82) is 0 Å². The number of allylic oxidation sites excluding steroid dienone is 1. The molecule has 1 aromatic rings. The number of nitrogens with zero attached hydrogens (tertiary/aromatic N) is 1. The molecule has 1 heterocycles. The number of hydrogen-bond donors (Lipinski definition) is 2. The third-order valence-electron chi connectivity index (χ3n) is 4.77. The Balaban J connectivity index is 1.96. The van der Waals surface area contributed by atoms with Crippen molar-refractivity contribution in [1.82, 2.24) is 10.2 Å². The average Bonchev–Trinajstić information content (AvgIpc) is 2.51. The Morgan fingerprint density at radius 2 is 2.12 bits per heavy atom. The monoisotopic (exact) mass is 348 g/mol. The van der Waals surface area contributed by atoms with Crippen LogP contribution in [0.2, 0.25) is 5.02 Å². The van der Waals surface area contributed by atoms with Gasteiger partial charge in [-0.3, -0.25) is 4.79 Å². The topological polar surface area (TPSA) is 52.6 Å². The molecule has 1 aromatic carbocycles. The summed E-state index contributed by atoms with van der Waals surface area (Å²) in [5.74, 6) is 0.408. The molecule has 0 spiro atoms. The number of carbonyl (C=O) groups excluding carboxylic acids is 1. The Labute approximate surface area is 148 Å². The van der Waals surface area contributed by atoms with Crippen LogP contribution < -0.4 is 5.32 Å². The van der Waals surface area contributed by atoms with E-state index in [1.807, 2.05) is 18.4 Å². The Hall–Kier alpha value is -1.94. The standard InChI is InChI=1S/C19H25ClN2O2/c1-13(2)19(3,4)22-9-7-16(8-10-22)21-18(24)12-14-11-15(20)5-6-17(14)23/h5-9,11,13,23H,10,12H2,1-4H3,(H,21,24). The highest BCUT2D eigenvalue weighted by Gasteiger charge is 2.28. The second-order valence-electron chi connectivity index (χ2n) is 6.93. The van der Waals surface area contributed by atoms with Crippen molar-refractivity contribution < 1.29 is 9.90 Å². The summed E-state index contributed by atoms with van der Waals surface area (Å²) in [4.78, 5) is 14.4. The minimum Gasteiger partial charge on any atom is -0.508 e. The number of nitrogens with one attached hydrogen (secondary N) is 1. The van der Waals surface area contributed by atoms with Gasteiger partial charge in [0.1, 0.15) is 5.75 Å². The van der Waals surface area contributed by atoms with Crippen LogP contribution in [0.15, 0.2) is 42.2 Å². The fraction of sp³-hybridized carbons (Fsp3) is 0.421. The number of halogens is 1. The zero-order chi connectivity index (χ0) is 17.9. The molecule has 0 radical (unpaired) electrons. The highest BCUT2D eigenvalue weighted by Crippen LogP contribution is 2.26. The molecule has 0 aromatic heterocycles. The van der Waals surface area contributed by atoms with Gasteiger partial charge in [-0.1, -0.05) is 25.4 Å². The molecule has 0 unspecified atom stereocenters. The number of amides is 1. The smallest absolute Gasteiger partial charge is 0.228 e. The van der Waals surface area contributed by atoms with Crippen LogP contribution in [0, 0.1) is 5.92 Å². The van der Waals surface area contributed by atoms with Crippen LogP contribution in [0.5, 0.6) is 5.75 Å². The van der Waals surface area contributed by atoms with Crippen LogP contribution in [0.1, 0.15) is 33.3 Å². The molecule has 2 rings (SSSR count). The summed E-state index contributed by atoms with van der Waals surface area (Å²) in [6, 6.07) is 4.70. The normalized spacial score (nSPS) is 14.8. The van der Waals surface area contributed by atoms with Crippen LogP contribution in [-0.4, -0.2) is 28.0 Å². The van der Waals surface area contributed by atoms with Crippen molar-refractivity contribution in [3.8, 4) is 5.75 Å². The Morgan fingerprint density at radius 1 is 1.42 bits per heavy atom. The van der Waals surface area contributed by atoms with Gasteiger partial charge in [0.2, 0.25) is 5.91 Å². The summed E-state index contributed by atoms with van der Waals surface area (Å²) < 4.78 is 0. The zero-order valence-electron chi connectivity index (χ0n) is 14.6. The lowest BCUT2D eigenvalue weighted by molar-refractivity contribution is -0.119. The minimum absolute atomic E-state index is 0.0507. The molecule has 1 aliphatic rings. The maximum absolute atomic E-state index is 12.2. The Morgan fingerprint density at radius 3 is 2.71 bits per heavy atom. The zero-order valence-corrected chi connectivity index (χ0v) is 15.4. The highest BCUT2D eigenvalue weighted by molar-refractivity contribution is 6.30. The van der Waals surface area contributed by atoms with Gasteiger partial charge >= 0.3 is 0 Å². The van der Waals surface area contributed by atoms with Crippen molar-refractivity contribution in [3.05, 3.63) is 52.8 Å². The quantitative estimate of drug-likeness (QED) is 0.849. The fourth-order valence-electron chi connectivity index (χ4n) is 2.42. The fourth-order valence-corrected chi connectivity index (χ4v) is 2.62. The van der Waals surface area contributed by atoms with Gasteiger partial charge in [0.05, 0.1) is 6.42 Å². The van der Waals surface area contributed by atoms with E-state index in [4.69, 9.17) is 11.6 Å². The molecule has 0 fully saturated rings. The average molecular weight is 349 g/mol. The Bertz CT molecular complexity index is 678. The number of hydrogen-bond acceptors (Lipinski definition) is 3. The van der Waals surface area contributed by atoms with E-state index in [2.05, 4.69) is 37.9 Å². The second-order valence-corrected chi connectivity index (χ2v) is 7.37. The van der Waals surface area contributed by atoms with Crippen molar-refractivity contribution in [2.75, 3.05) is 6.54 Å². The molecule has 1 amide bonds. The lowest BCUT2D eigenvalue weighted by atomic mass is 9.88. The van der Waals surface area contributed by atoms with E-state index in [1.54, 1.807) is 12.1 Å². The molecule has 0 bridgehead atoms. The van der Waals surface area contributed by atoms with Crippen LogP contribution >= 0.6 is 11.6 Å². The molecule has 0 saturated carbocycles. The van der Waals surface area contributed by atoms with Crippen molar-refractivity contribution >= 4 is 17.5 Å². The largest absolute Gasteiger partial charge is 0.508 e. The third kappa shape index (κ3) is 4.32. The van der Waals surface area contributed by atoms with Gasteiger partial charge in [-0.2, -0.15) is 0 Å². The molecule has 0 saturated heterocycles. The summed E-state index contributed by atoms with van der Waals surface area (Å²) in [7, 11) is 0. The van der Waals surface area contributed by atoms with Gasteiger partial charge < -0.3 is 15.3 Å². The summed E-state index contributed by atoms with van der Waals surface area (Å²) in [6.45, 7) is 9.57. The van der Waals surface area contributed by atoms with Crippen LogP contribution in [-0.2, 0) is 11.2 Å². The van der Waals surface area contributed by atoms with Gasteiger partial charge in [-0.25, -0.2) is 0 Å². The molecule has 130 valence electrons. The van der Waals surface area contributed by atoms with E-state index in [0.717, 1.165) is 12.2 Å². The summed E-state index contributed by atoms with van der Waals surface area (Å²) in [5.41, 5.74) is 1.34. The minimum atomic E-state index is -0.181.